The summed E-state index contributed by atoms with van der Waals surface area (Å²) in [5, 5.41) is 20.9. The number of urea groups is 1. The summed E-state index contributed by atoms with van der Waals surface area (Å²) in [5.41, 5.74) is 0.116. The SMILES string of the molecule is CN(CC1CC1)C(=O)Nc1ccc(O)c(C(=O)O)c1. The lowest BCUT2D eigenvalue weighted by Gasteiger charge is -2.17. The number of hydrogen-bond acceptors (Lipinski definition) is 3. The second-order valence-corrected chi connectivity index (χ2v) is 4.79. The number of phenols is 1. The summed E-state index contributed by atoms with van der Waals surface area (Å²) in [6.07, 6.45) is 2.31. The van der Waals surface area contributed by atoms with Gasteiger partial charge in [0.1, 0.15) is 11.3 Å². The number of aromatic carboxylic acids is 1. The number of carbonyl (C=O) groups excluding carboxylic acids is 1. The topological polar surface area (TPSA) is 89.9 Å². The van der Waals surface area contributed by atoms with E-state index in [0.29, 0.717) is 18.2 Å². The van der Waals surface area contributed by atoms with Crippen molar-refractivity contribution in [2.24, 2.45) is 5.92 Å². The lowest BCUT2D eigenvalue weighted by molar-refractivity contribution is 0.0693. The Bertz CT molecular complexity index is 511. The Hall–Kier alpha value is -2.24. The van der Waals surface area contributed by atoms with Gasteiger partial charge in [0.05, 0.1) is 0 Å². The van der Waals surface area contributed by atoms with Gasteiger partial charge >= 0.3 is 12.0 Å². The molecule has 1 aromatic carbocycles. The minimum absolute atomic E-state index is 0.234. The van der Waals surface area contributed by atoms with Crippen LogP contribution >= 0.6 is 0 Å². The molecule has 3 N–H and O–H groups in total. The van der Waals surface area contributed by atoms with Crippen molar-refractivity contribution in [3.8, 4) is 5.75 Å². The maximum atomic E-state index is 11.8. The minimum atomic E-state index is -1.24. The Kier molecular flexibility index (Phi) is 3.59. The molecular weight excluding hydrogens is 248 g/mol. The van der Waals surface area contributed by atoms with E-state index in [4.69, 9.17) is 5.11 Å². The summed E-state index contributed by atoms with van der Waals surface area (Å²) < 4.78 is 0. The van der Waals surface area contributed by atoms with Crippen LogP contribution in [0.5, 0.6) is 5.75 Å². The monoisotopic (exact) mass is 264 g/mol. The van der Waals surface area contributed by atoms with Gasteiger partial charge in [-0.25, -0.2) is 9.59 Å². The molecule has 102 valence electrons. The number of anilines is 1. The lowest BCUT2D eigenvalue weighted by Crippen LogP contribution is -2.32. The largest absolute Gasteiger partial charge is 0.507 e. The fourth-order valence-electron chi connectivity index (χ4n) is 1.77. The molecule has 0 atom stereocenters. The predicted molar refractivity (Wildman–Crippen MR) is 69.4 cm³/mol. The molecule has 6 nitrogen and oxygen atoms in total. The first kappa shape index (κ1) is 13.2. The van der Waals surface area contributed by atoms with Gasteiger partial charge in [-0.15, -0.1) is 0 Å². The average Bonchev–Trinajstić information content (AvgIpc) is 3.15. The molecule has 0 spiro atoms. The van der Waals surface area contributed by atoms with Crippen LogP contribution in [0, 0.1) is 5.92 Å². The first-order chi connectivity index (χ1) is 8.97. The number of nitrogens with one attached hydrogen (secondary N) is 1. The van der Waals surface area contributed by atoms with E-state index in [1.165, 1.54) is 18.2 Å². The molecule has 0 radical (unpaired) electrons. The third-order valence-corrected chi connectivity index (χ3v) is 3.05. The first-order valence-corrected chi connectivity index (χ1v) is 6.06. The van der Waals surface area contributed by atoms with E-state index in [1.807, 2.05) is 0 Å². The normalized spacial score (nSPS) is 13.9. The smallest absolute Gasteiger partial charge is 0.339 e. The van der Waals surface area contributed by atoms with Gasteiger partial charge in [0, 0.05) is 19.3 Å². The third-order valence-electron chi connectivity index (χ3n) is 3.05. The zero-order chi connectivity index (χ0) is 14.0. The van der Waals surface area contributed by atoms with Gasteiger partial charge in [0.2, 0.25) is 0 Å². The van der Waals surface area contributed by atoms with Gasteiger partial charge < -0.3 is 20.4 Å². The molecule has 0 bridgehead atoms. The molecule has 0 saturated heterocycles. The van der Waals surface area contributed by atoms with Crippen molar-refractivity contribution in [1.29, 1.82) is 0 Å². The number of carboxylic acids is 1. The van der Waals surface area contributed by atoms with E-state index in [0.717, 1.165) is 12.8 Å². The molecule has 2 amide bonds. The first-order valence-electron chi connectivity index (χ1n) is 6.06. The average molecular weight is 264 g/mol. The van der Waals surface area contributed by atoms with Crippen molar-refractivity contribution in [2.75, 3.05) is 18.9 Å². The second-order valence-electron chi connectivity index (χ2n) is 4.79. The fourth-order valence-corrected chi connectivity index (χ4v) is 1.77. The number of amides is 2. The molecule has 0 unspecified atom stereocenters. The number of nitrogens with zero attached hydrogens (tertiary/aromatic N) is 1. The van der Waals surface area contributed by atoms with Gasteiger partial charge in [0.25, 0.3) is 0 Å². The van der Waals surface area contributed by atoms with Crippen LogP contribution in [-0.2, 0) is 0 Å². The van der Waals surface area contributed by atoms with Crippen LogP contribution in [0.3, 0.4) is 0 Å². The highest BCUT2D eigenvalue weighted by molar-refractivity contribution is 5.95. The fraction of sp³-hybridized carbons (Fsp3) is 0.385. The van der Waals surface area contributed by atoms with Gasteiger partial charge in [-0.05, 0) is 37.0 Å². The van der Waals surface area contributed by atoms with Gasteiger partial charge in [-0.3, -0.25) is 0 Å². The van der Waals surface area contributed by atoms with Crippen molar-refractivity contribution in [2.45, 2.75) is 12.8 Å². The maximum absolute atomic E-state index is 11.8. The lowest BCUT2D eigenvalue weighted by atomic mass is 10.2. The number of hydrogen-bond donors (Lipinski definition) is 3. The quantitative estimate of drug-likeness (QED) is 0.725. The van der Waals surface area contributed by atoms with Gasteiger partial charge in [-0.2, -0.15) is 0 Å². The second kappa shape index (κ2) is 5.17. The molecule has 2 rings (SSSR count). The summed E-state index contributed by atoms with van der Waals surface area (Å²) >= 11 is 0. The van der Waals surface area contributed by atoms with E-state index in [2.05, 4.69) is 5.32 Å². The number of aromatic hydroxyl groups is 1. The Morgan fingerprint density at radius 2 is 2.11 bits per heavy atom. The number of rotatable bonds is 4. The van der Waals surface area contributed by atoms with E-state index in [9.17, 15) is 14.7 Å². The molecule has 1 fully saturated rings. The van der Waals surface area contributed by atoms with Crippen molar-refractivity contribution in [1.82, 2.24) is 4.90 Å². The van der Waals surface area contributed by atoms with Crippen molar-refractivity contribution < 1.29 is 19.8 Å². The van der Waals surface area contributed by atoms with Crippen LogP contribution in [0.4, 0.5) is 10.5 Å². The van der Waals surface area contributed by atoms with Crippen LogP contribution in [0.2, 0.25) is 0 Å². The van der Waals surface area contributed by atoms with Gasteiger partial charge in [0.15, 0.2) is 0 Å². The highest BCUT2D eigenvalue weighted by Crippen LogP contribution is 2.29. The third kappa shape index (κ3) is 3.37. The summed E-state index contributed by atoms with van der Waals surface area (Å²) in [6.45, 7) is 0.704. The van der Waals surface area contributed by atoms with Crippen LogP contribution in [0.25, 0.3) is 0 Å². The van der Waals surface area contributed by atoms with Crippen LogP contribution in [-0.4, -0.2) is 40.7 Å². The Morgan fingerprint density at radius 1 is 1.42 bits per heavy atom. The highest BCUT2D eigenvalue weighted by Gasteiger charge is 2.24. The highest BCUT2D eigenvalue weighted by atomic mass is 16.4. The predicted octanol–water partition coefficient (Wildman–Crippen LogP) is 1.96. The van der Waals surface area contributed by atoms with Gasteiger partial charge in [-0.1, -0.05) is 0 Å². The van der Waals surface area contributed by atoms with Crippen LogP contribution in [0.15, 0.2) is 18.2 Å². The van der Waals surface area contributed by atoms with Crippen LogP contribution < -0.4 is 5.32 Å². The number of carbonyl (C=O) groups is 2. The zero-order valence-electron chi connectivity index (χ0n) is 10.6. The Balaban J connectivity index is 2.03. The molecule has 1 aliphatic carbocycles. The molecule has 1 aliphatic rings. The molecular formula is C13H16N2O4. The molecule has 19 heavy (non-hydrogen) atoms. The minimum Gasteiger partial charge on any atom is -0.507 e. The Morgan fingerprint density at radius 3 is 2.68 bits per heavy atom. The molecule has 0 heterocycles. The molecule has 1 saturated carbocycles. The maximum Gasteiger partial charge on any atom is 0.339 e. The summed E-state index contributed by atoms with van der Waals surface area (Å²) in [7, 11) is 1.70. The standard InChI is InChI=1S/C13H16N2O4/c1-15(7-8-2-3-8)13(19)14-9-4-5-11(16)10(6-9)12(17)18/h4-6,8,16H,2-3,7H2,1H3,(H,14,19)(H,17,18). The van der Waals surface area contributed by atoms with Crippen molar-refractivity contribution in [3.05, 3.63) is 23.8 Å². The zero-order valence-corrected chi connectivity index (χ0v) is 10.6. The summed E-state index contributed by atoms with van der Waals surface area (Å²) in [4.78, 5) is 24.3. The van der Waals surface area contributed by atoms with Crippen molar-refractivity contribution in [3.63, 3.8) is 0 Å². The van der Waals surface area contributed by atoms with Crippen LogP contribution in [0.1, 0.15) is 23.2 Å². The van der Waals surface area contributed by atoms with Crippen molar-refractivity contribution >= 4 is 17.7 Å². The Labute approximate surface area is 110 Å². The molecule has 6 heteroatoms. The molecule has 0 aliphatic heterocycles. The molecule has 1 aromatic rings. The van der Waals surface area contributed by atoms with E-state index in [-0.39, 0.29) is 17.3 Å². The number of carboxylic acid groups (broad SMARTS) is 1. The summed E-state index contributed by atoms with van der Waals surface area (Å²) in [5.74, 6) is -0.970. The number of benzene rings is 1. The molecule has 0 aromatic heterocycles. The van der Waals surface area contributed by atoms with E-state index < -0.39 is 5.97 Å². The van der Waals surface area contributed by atoms with E-state index in [1.54, 1.807) is 11.9 Å². The van der Waals surface area contributed by atoms with E-state index >= 15 is 0 Å². The summed E-state index contributed by atoms with van der Waals surface area (Å²) in [6, 6.07) is 3.67.